The zero-order valence-corrected chi connectivity index (χ0v) is 14.3. The lowest BCUT2D eigenvalue weighted by molar-refractivity contribution is -0.121. The van der Waals surface area contributed by atoms with E-state index in [4.69, 9.17) is 0 Å². The molecular formula is C20H26N2O. The number of nitrogens with one attached hydrogen (secondary N) is 2. The van der Waals surface area contributed by atoms with Crippen molar-refractivity contribution >= 4 is 11.6 Å². The zero-order valence-electron chi connectivity index (χ0n) is 14.3. The highest BCUT2D eigenvalue weighted by Crippen LogP contribution is 2.20. The second-order valence-electron chi connectivity index (χ2n) is 5.91. The van der Waals surface area contributed by atoms with Crippen LogP contribution in [0.15, 0.2) is 42.5 Å². The molecule has 2 aromatic carbocycles. The smallest absolute Gasteiger partial charge is 0.222 e. The Bertz CT molecular complexity index is 664. The van der Waals surface area contributed by atoms with Crippen LogP contribution in [0.25, 0.3) is 0 Å². The van der Waals surface area contributed by atoms with Crippen LogP contribution in [0.4, 0.5) is 5.69 Å². The molecule has 0 aliphatic rings. The van der Waals surface area contributed by atoms with Crippen molar-refractivity contribution in [3.05, 3.63) is 64.7 Å². The number of para-hydroxylation sites is 1. The van der Waals surface area contributed by atoms with Crippen molar-refractivity contribution in [3.63, 3.8) is 0 Å². The fourth-order valence-corrected chi connectivity index (χ4v) is 2.69. The van der Waals surface area contributed by atoms with E-state index in [1.165, 1.54) is 22.4 Å². The monoisotopic (exact) mass is 310 g/mol. The van der Waals surface area contributed by atoms with Gasteiger partial charge in [0.05, 0.1) is 0 Å². The Kier molecular flexibility index (Phi) is 6.21. The summed E-state index contributed by atoms with van der Waals surface area (Å²) in [6, 6.07) is 14.5. The van der Waals surface area contributed by atoms with E-state index in [2.05, 4.69) is 61.7 Å². The van der Waals surface area contributed by atoms with Gasteiger partial charge in [-0.05, 0) is 37.0 Å². The van der Waals surface area contributed by atoms with E-state index >= 15 is 0 Å². The lowest BCUT2D eigenvalue weighted by atomic mass is 10.1. The number of aryl methyl sites for hydroxylation is 3. The molecule has 23 heavy (non-hydrogen) atoms. The van der Waals surface area contributed by atoms with Gasteiger partial charge in [0.25, 0.3) is 0 Å². The van der Waals surface area contributed by atoms with Gasteiger partial charge >= 0.3 is 0 Å². The van der Waals surface area contributed by atoms with Crippen LogP contribution in [-0.4, -0.2) is 12.5 Å². The number of rotatable bonds is 7. The topological polar surface area (TPSA) is 41.1 Å². The third kappa shape index (κ3) is 5.13. The maximum absolute atomic E-state index is 12.0. The summed E-state index contributed by atoms with van der Waals surface area (Å²) in [7, 11) is 0. The van der Waals surface area contributed by atoms with Crippen LogP contribution in [0.2, 0.25) is 0 Å². The van der Waals surface area contributed by atoms with E-state index in [9.17, 15) is 4.79 Å². The number of carbonyl (C=O) groups is 1. The lowest BCUT2D eigenvalue weighted by Crippen LogP contribution is -2.25. The third-order valence-corrected chi connectivity index (χ3v) is 3.97. The van der Waals surface area contributed by atoms with Gasteiger partial charge in [0.2, 0.25) is 5.91 Å². The van der Waals surface area contributed by atoms with Crippen LogP contribution in [0, 0.1) is 13.8 Å². The second kappa shape index (κ2) is 8.37. The van der Waals surface area contributed by atoms with Crippen LogP contribution in [0.1, 0.15) is 35.6 Å². The van der Waals surface area contributed by atoms with Gasteiger partial charge in [-0.15, -0.1) is 0 Å². The van der Waals surface area contributed by atoms with Gasteiger partial charge in [0, 0.05) is 25.2 Å². The average Bonchev–Trinajstić information content (AvgIpc) is 2.54. The third-order valence-electron chi connectivity index (χ3n) is 3.97. The molecule has 0 heterocycles. The Morgan fingerprint density at radius 3 is 2.61 bits per heavy atom. The molecule has 3 nitrogen and oxygen atoms in total. The van der Waals surface area contributed by atoms with Crippen molar-refractivity contribution in [1.82, 2.24) is 5.32 Å². The van der Waals surface area contributed by atoms with Crippen LogP contribution in [0.5, 0.6) is 0 Å². The SMILES string of the molecule is CCc1cccc(C)c1NCCC(=O)NCc1cccc(C)c1. The van der Waals surface area contributed by atoms with Crippen molar-refractivity contribution in [2.24, 2.45) is 0 Å². The molecule has 0 spiro atoms. The van der Waals surface area contributed by atoms with E-state index < -0.39 is 0 Å². The first-order valence-corrected chi connectivity index (χ1v) is 8.24. The van der Waals surface area contributed by atoms with Gasteiger partial charge in [-0.25, -0.2) is 0 Å². The summed E-state index contributed by atoms with van der Waals surface area (Å²) < 4.78 is 0. The van der Waals surface area contributed by atoms with Crippen molar-refractivity contribution in [3.8, 4) is 0 Å². The highest BCUT2D eigenvalue weighted by atomic mass is 16.1. The number of anilines is 1. The standard InChI is InChI=1S/C20H26N2O/c1-4-18-10-6-8-16(3)20(18)21-12-11-19(23)22-14-17-9-5-7-15(2)13-17/h5-10,13,21H,4,11-12,14H2,1-3H3,(H,22,23). The summed E-state index contributed by atoms with van der Waals surface area (Å²) in [4.78, 5) is 12.0. The van der Waals surface area contributed by atoms with E-state index in [0.717, 1.165) is 12.0 Å². The number of hydrogen-bond acceptors (Lipinski definition) is 2. The number of benzene rings is 2. The number of hydrogen-bond donors (Lipinski definition) is 2. The van der Waals surface area contributed by atoms with E-state index in [-0.39, 0.29) is 5.91 Å². The molecule has 0 saturated carbocycles. The first-order chi connectivity index (χ1) is 11.1. The van der Waals surface area contributed by atoms with Crippen molar-refractivity contribution in [2.45, 2.75) is 40.2 Å². The molecular weight excluding hydrogens is 284 g/mol. The van der Waals surface area contributed by atoms with Gasteiger partial charge in [-0.3, -0.25) is 4.79 Å². The van der Waals surface area contributed by atoms with Crippen molar-refractivity contribution < 1.29 is 4.79 Å². The molecule has 0 aromatic heterocycles. The molecule has 2 N–H and O–H groups in total. The van der Waals surface area contributed by atoms with Crippen LogP contribution >= 0.6 is 0 Å². The number of amides is 1. The summed E-state index contributed by atoms with van der Waals surface area (Å²) in [6.45, 7) is 7.54. The van der Waals surface area contributed by atoms with Gasteiger partial charge in [0.15, 0.2) is 0 Å². The van der Waals surface area contributed by atoms with E-state index in [0.29, 0.717) is 19.5 Å². The fourth-order valence-electron chi connectivity index (χ4n) is 2.69. The van der Waals surface area contributed by atoms with Gasteiger partial charge < -0.3 is 10.6 Å². The molecule has 0 unspecified atom stereocenters. The summed E-state index contributed by atoms with van der Waals surface area (Å²) in [6.07, 6.45) is 1.47. The Labute approximate surface area is 139 Å². The minimum Gasteiger partial charge on any atom is -0.384 e. The van der Waals surface area contributed by atoms with Gasteiger partial charge in [0.1, 0.15) is 0 Å². The second-order valence-corrected chi connectivity index (χ2v) is 5.91. The quantitative estimate of drug-likeness (QED) is 0.812. The Morgan fingerprint density at radius 2 is 1.87 bits per heavy atom. The van der Waals surface area contributed by atoms with Crippen molar-refractivity contribution in [2.75, 3.05) is 11.9 Å². The maximum atomic E-state index is 12.0. The maximum Gasteiger partial charge on any atom is 0.222 e. The Hall–Kier alpha value is -2.29. The van der Waals surface area contributed by atoms with Gasteiger partial charge in [-0.2, -0.15) is 0 Å². The molecule has 0 bridgehead atoms. The van der Waals surface area contributed by atoms with E-state index in [1.807, 2.05) is 12.1 Å². The largest absolute Gasteiger partial charge is 0.384 e. The zero-order chi connectivity index (χ0) is 16.7. The molecule has 0 atom stereocenters. The Balaban J connectivity index is 1.79. The molecule has 0 aliphatic heterocycles. The molecule has 0 fully saturated rings. The minimum atomic E-state index is 0.0747. The fraction of sp³-hybridized carbons (Fsp3) is 0.350. The van der Waals surface area contributed by atoms with Gasteiger partial charge in [-0.1, -0.05) is 55.0 Å². The average molecular weight is 310 g/mol. The highest BCUT2D eigenvalue weighted by molar-refractivity contribution is 5.76. The van der Waals surface area contributed by atoms with Crippen LogP contribution < -0.4 is 10.6 Å². The van der Waals surface area contributed by atoms with Crippen molar-refractivity contribution in [1.29, 1.82) is 0 Å². The number of carbonyl (C=O) groups excluding carboxylic acids is 1. The molecule has 2 aromatic rings. The molecule has 122 valence electrons. The molecule has 0 saturated heterocycles. The summed E-state index contributed by atoms with van der Waals surface area (Å²) in [5.74, 6) is 0.0747. The lowest BCUT2D eigenvalue weighted by Gasteiger charge is -2.14. The Morgan fingerprint density at radius 1 is 1.09 bits per heavy atom. The molecule has 2 rings (SSSR count). The van der Waals surface area contributed by atoms with Crippen LogP contribution in [-0.2, 0) is 17.8 Å². The van der Waals surface area contributed by atoms with E-state index in [1.54, 1.807) is 0 Å². The molecule has 0 aliphatic carbocycles. The first kappa shape index (κ1) is 17.1. The first-order valence-electron chi connectivity index (χ1n) is 8.24. The summed E-state index contributed by atoms with van der Waals surface area (Å²) in [5, 5.41) is 6.39. The molecule has 3 heteroatoms. The normalized spacial score (nSPS) is 10.4. The molecule has 1 amide bonds. The van der Waals surface area contributed by atoms with Crippen LogP contribution in [0.3, 0.4) is 0 Å². The minimum absolute atomic E-state index is 0.0747. The summed E-state index contributed by atoms with van der Waals surface area (Å²) in [5.41, 5.74) is 6.04. The molecule has 0 radical (unpaired) electrons. The summed E-state index contributed by atoms with van der Waals surface area (Å²) >= 11 is 0. The predicted molar refractivity (Wildman–Crippen MR) is 96.7 cm³/mol. The highest BCUT2D eigenvalue weighted by Gasteiger charge is 2.05. The predicted octanol–water partition coefficient (Wildman–Crippen LogP) is 3.98.